The molecule has 0 unspecified atom stereocenters. The van der Waals surface area contributed by atoms with E-state index in [0.717, 1.165) is 11.1 Å². The van der Waals surface area contributed by atoms with Crippen LogP contribution in [-0.2, 0) is 0 Å². The molecular weight excluding hydrogens is 307 g/mol. The van der Waals surface area contributed by atoms with Gasteiger partial charge in [-0.2, -0.15) is 10.2 Å². The number of H-pyrrole nitrogens is 1. The van der Waals surface area contributed by atoms with Gasteiger partial charge in [-0.25, -0.2) is 9.82 Å². The number of nitrogens with one attached hydrogen (secondary N) is 2. The Balaban J connectivity index is 1.71. The number of nitrogens with zero attached hydrogens (tertiary/aromatic N) is 2. The summed E-state index contributed by atoms with van der Waals surface area (Å²) in [4.78, 5) is 12.1. The molecule has 24 heavy (non-hydrogen) atoms. The van der Waals surface area contributed by atoms with Gasteiger partial charge in [-0.05, 0) is 42.8 Å². The first-order chi connectivity index (χ1) is 11.6. The van der Waals surface area contributed by atoms with Gasteiger partial charge in [0.1, 0.15) is 11.5 Å². The van der Waals surface area contributed by atoms with Crippen LogP contribution in [0.5, 0.6) is 0 Å². The Morgan fingerprint density at radius 3 is 2.54 bits per heavy atom. The van der Waals surface area contributed by atoms with E-state index >= 15 is 0 Å². The lowest BCUT2D eigenvalue weighted by Gasteiger charge is -2.01. The number of hydrogen-bond donors (Lipinski definition) is 2. The summed E-state index contributed by atoms with van der Waals surface area (Å²) in [7, 11) is 0. The normalized spacial score (nSPS) is 11.3. The summed E-state index contributed by atoms with van der Waals surface area (Å²) >= 11 is 0. The Morgan fingerprint density at radius 2 is 1.83 bits per heavy atom. The van der Waals surface area contributed by atoms with Gasteiger partial charge in [0.25, 0.3) is 5.91 Å². The van der Waals surface area contributed by atoms with Crippen LogP contribution in [0.25, 0.3) is 11.3 Å². The molecule has 0 saturated heterocycles. The molecule has 3 rings (SSSR count). The first-order valence-corrected chi connectivity index (χ1v) is 7.35. The first kappa shape index (κ1) is 15.6. The molecule has 0 saturated carbocycles. The standard InChI is InChI=1S/C18H15FN4O/c1-12(13-5-3-2-4-6-13)20-23-18(24)17-11-16(21-22-17)14-7-9-15(19)10-8-14/h2-11H,1H3,(H,21,22)(H,23,24)/b20-12+. The minimum atomic E-state index is -0.397. The van der Waals surface area contributed by atoms with Crippen LogP contribution in [-0.4, -0.2) is 21.8 Å². The van der Waals surface area contributed by atoms with E-state index in [2.05, 4.69) is 20.7 Å². The minimum Gasteiger partial charge on any atom is -0.272 e. The van der Waals surface area contributed by atoms with Crippen molar-refractivity contribution in [2.75, 3.05) is 0 Å². The van der Waals surface area contributed by atoms with Crippen molar-refractivity contribution in [3.05, 3.63) is 77.7 Å². The Bertz CT molecular complexity index is 870. The molecule has 0 radical (unpaired) electrons. The quantitative estimate of drug-likeness (QED) is 0.571. The molecule has 1 heterocycles. The molecule has 0 atom stereocenters. The topological polar surface area (TPSA) is 70.1 Å². The second-order valence-corrected chi connectivity index (χ2v) is 5.18. The second-order valence-electron chi connectivity index (χ2n) is 5.18. The number of aromatic nitrogens is 2. The molecule has 0 aliphatic carbocycles. The van der Waals surface area contributed by atoms with Gasteiger partial charge in [0.2, 0.25) is 0 Å². The summed E-state index contributed by atoms with van der Waals surface area (Å²) in [5, 5.41) is 10.8. The average Bonchev–Trinajstić information content (AvgIpc) is 3.11. The fraction of sp³-hybridized carbons (Fsp3) is 0.0556. The van der Waals surface area contributed by atoms with Crippen molar-refractivity contribution < 1.29 is 9.18 Å². The van der Waals surface area contributed by atoms with Gasteiger partial charge in [0, 0.05) is 5.56 Å². The summed E-state index contributed by atoms with van der Waals surface area (Å²) < 4.78 is 12.9. The molecule has 5 nitrogen and oxygen atoms in total. The van der Waals surface area contributed by atoms with Crippen LogP contribution in [0.3, 0.4) is 0 Å². The summed E-state index contributed by atoms with van der Waals surface area (Å²) in [5.41, 5.74) is 5.66. The van der Waals surface area contributed by atoms with Crippen molar-refractivity contribution in [2.45, 2.75) is 6.92 Å². The van der Waals surface area contributed by atoms with Gasteiger partial charge in [-0.3, -0.25) is 9.89 Å². The summed E-state index contributed by atoms with van der Waals surface area (Å²) in [6, 6.07) is 17.0. The van der Waals surface area contributed by atoms with E-state index in [9.17, 15) is 9.18 Å². The van der Waals surface area contributed by atoms with Gasteiger partial charge in [-0.15, -0.1) is 0 Å². The Labute approximate surface area is 138 Å². The van der Waals surface area contributed by atoms with Crippen LogP contribution in [0, 0.1) is 5.82 Å². The third-order valence-electron chi connectivity index (χ3n) is 3.48. The van der Waals surface area contributed by atoms with E-state index in [-0.39, 0.29) is 11.5 Å². The van der Waals surface area contributed by atoms with Crippen LogP contribution >= 0.6 is 0 Å². The zero-order chi connectivity index (χ0) is 16.9. The highest BCUT2D eigenvalue weighted by molar-refractivity contribution is 6.00. The van der Waals surface area contributed by atoms with Crippen LogP contribution in [0.2, 0.25) is 0 Å². The lowest BCUT2D eigenvalue weighted by molar-refractivity contribution is 0.0950. The molecule has 0 fully saturated rings. The maximum atomic E-state index is 12.9. The average molecular weight is 322 g/mol. The third-order valence-corrected chi connectivity index (χ3v) is 3.48. The molecule has 2 aromatic carbocycles. The molecule has 6 heteroatoms. The van der Waals surface area contributed by atoms with Crippen molar-refractivity contribution in [3.8, 4) is 11.3 Å². The van der Waals surface area contributed by atoms with E-state index in [1.165, 1.54) is 12.1 Å². The van der Waals surface area contributed by atoms with Crippen molar-refractivity contribution >= 4 is 11.6 Å². The highest BCUT2D eigenvalue weighted by Crippen LogP contribution is 2.17. The maximum Gasteiger partial charge on any atom is 0.289 e. The van der Waals surface area contributed by atoms with Crippen molar-refractivity contribution in [1.29, 1.82) is 0 Å². The number of amides is 1. The number of hydrogen-bond acceptors (Lipinski definition) is 3. The number of hydrazone groups is 1. The monoisotopic (exact) mass is 322 g/mol. The van der Waals surface area contributed by atoms with E-state index in [0.29, 0.717) is 11.4 Å². The van der Waals surface area contributed by atoms with Crippen LogP contribution in [0.15, 0.2) is 65.8 Å². The van der Waals surface area contributed by atoms with Crippen LogP contribution in [0.4, 0.5) is 4.39 Å². The molecule has 0 aliphatic heterocycles. The predicted octanol–water partition coefficient (Wildman–Crippen LogP) is 3.37. The molecule has 0 bridgehead atoms. The fourth-order valence-electron chi connectivity index (χ4n) is 2.15. The zero-order valence-electron chi connectivity index (χ0n) is 13.0. The highest BCUT2D eigenvalue weighted by Gasteiger charge is 2.11. The zero-order valence-corrected chi connectivity index (χ0v) is 13.0. The predicted molar refractivity (Wildman–Crippen MR) is 90.1 cm³/mol. The van der Waals surface area contributed by atoms with E-state index in [4.69, 9.17) is 0 Å². The van der Waals surface area contributed by atoms with Crippen molar-refractivity contribution in [2.24, 2.45) is 5.10 Å². The van der Waals surface area contributed by atoms with Gasteiger partial charge >= 0.3 is 0 Å². The molecule has 0 aliphatic rings. The Hall–Kier alpha value is -3.28. The van der Waals surface area contributed by atoms with Crippen LogP contribution < -0.4 is 5.43 Å². The largest absolute Gasteiger partial charge is 0.289 e. The number of carbonyl (C=O) groups is 1. The van der Waals surface area contributed by atoms with Crippen molar-refractivity contribution in [1.82, 2.24) is 15.6 Å². The van der Waals surface area contributed by atoms with Gasteiger partial charge in [0.05, 0.1) is 11.4 Å². The molecule has 1 aromatic heterocycles. The number of carbonyl (C=O) groups excluding carboxylic acids is 1. The van der Waals surface area contributed by atoms with Gasteiger partial charge < -0.3 is 0 Å². The summed E-state index contributed by atoms with van der Waals surface area (Å²) in [6.07, 6.45) is 0. The Kier molecular flexibility index (Phi) is 4.47. The maximum absolute atomic E-state index is 12.9. The van der Waals surface area contributed by atoms with E-state index in [1.54, 1.807) is 18.2 Å². The fourth-order valence-corrected chi connectivity index (χ4v) is 2.15. The Morgan fingerprint density at radius 1 is 1.12 bits per heavy atom. The summed E-state index contributed by atoms with van der Waals surface area (Å²) in [6.45, 7) is 1.81. The first-order valence-electron chi connectivity index (χ1n) is 7.35. The summed E-state index contributed by atoms with van der Waals surface area (Å²) in [5.74, 6) is -0.718. The highest BCUT2D eigenvalue weighted by atomic mass is 19.1. The molecule has 120 valence electrons. The molecule has 1 amide bonds. The number of benzene rings is 2. The minimum absolute atomic E-state index is 0.277. The van der Waals surface area contributed by atoms with E-state index < -0.39 is 5.91 Å². The lowest BCUT2D eigenvalue weighted by Crippen LogP contribution is -2.19. The lowest BCUT2D eigenvalue weighted by atomic mass is 10.1. The molecular formula is C18H15FN4O. The van der Waals surface area contributed by atoms with Gasteiger partial charge in [-0.1, -0.05) is 30.3 Å². The molecule has 3 aromatic rings. The molecule has 2 N–H and O–H groups in total. The number of halogens is 1. The van der Waals surface area contributed by atoms with Crippen molar-refractivity contribution in [3.63, 3.8) is 0 Å². The number of rotatable bonds is 4. The third kappa shape index (κ3) is 3.55. The SMILES string of the molecule is C/C(=N\NC(=O)c1cc(-c2ccc(F)cc2)n[nH]1)c1ccccc1. The number of aromatic amines is 1. The smallest absolute Gasteiger partial charge is 0.272 e. The molecule has 0 spiro atoms. The second kappa shape index (κ2) is 6.87. The van der Waals surface area contributed by atoms with E-state index in [1.807, 2.05) is 37.3 Å². The van der Waals surface area contributed by atoms with Crippen LogP contribution in [0.1, 0.15) is 23.0 Å². The van der Waals surface area contributed by atoms with Gasteiger partial charge in [0.15, 0.2) is 0 Å².